The molecule has 3 aromatic rings. The van der Waals surface area contributed by atoms with Gasteiger partial charge in [0.15, 0.2) is 5.82 Å². The van der Waals surface area contributed by atoms with Gasteiger partial charge in [-0.2, -0.15) is 10.1 Å². The molecule has 7 nitrogen and oxygen atoms in total. The van der Waals surface area contributed by atoms with Gasteiger partial charge in [0.05, 0.1) is 5.52 Å². The molecule has 0 bridgehead atoms. The molecule has 2 aromatic heterocycles. The maximum absolute atomic E-state index is 11.2. The fourth-order valence-corrected chi connectivity index (χ4v) is 2.17. The summed E-state index contributed by atoms with van der Waals surface area (Å²) in [5.74, 6) is 0.266. The molecule has 0 spiro atoms. The molecule has 0 amide bonds. The van der Waals surface area contributed by atoms with Gasteiger partial charge in [-0.25, -0.2) is 18.7 Å². The van der Waals surface area contributed by atoms with Crippen molar-refractivity contribution in [1.82, 2.24) is 20.2 Å². The lowest BCUT2D eigenvalue weighted by Gasteiger charge is -2.01. The first-order valence-corrected chi connectivity index (χ1v) is 6.90. The van der Waals surface area contributed by atoms with Gasteiger partial charge in [-0.15, -0.1) is 0 Å². The Bertz CT molecular complexity index is 851. The highest BCUT2D eigenvalue weighted by molar-refractivity contribution is 7.89. The second-order valence-corrected chi connectivity index (χ2v) is 5.36. The van der Waals surface area contributed by atoms with Gasteiger partial charge in [-0.3, -0.25) is 4.98 Å². The molecular formula is C11H9N5O2S. The molecule has 0 aliphatic heterocycles. The number of nitrogens with one attached hydrogen (secondary N) is 1. The van der Waals surface area contributed by atoms with Gasteiger partial charge in [0.2, 0.25) is 0 Å². The molecule has 1 aromatic carbocycles. The van der Waals surface area contributed by atoms with Crippen LogP contribution in [0.2, 0.25) is 0 Å². The van der Waals surface area contributed by atoms with Gasteiger partial charge in [-0.1, -0.05) is 18.2 Å². The number of para-hydroxylation sites is 1. The summed E-state index contributed by atoms with van der Waals surface area (Å²) in [4.78, 5) is 8.11. The van der Waals surface area contributed by atoms with Crippen molar-refractivity contribution in [2.24, 2.45) is 5.14 Å². The van der Waals surface area contributed by atoms with Crippen molar-refractivity contribution >= 4 is 20.9 Å². The third kappa shape index (κ3) is 2.07. The molecule has 0 saturated carbocycles. The molecule has 0 atom stereocenters. The monoisotopic (exact) mass is 275 g/mol. The van der Waals surface area contributed by atoms with E-state index < -0.39 is 10.0 Å². The van der Waals surface area contributed by atoms with Gasteiger partial charge >= 0.3 is 0 Å². The fraction of sp³-hybridized carbons (Fsp3) is 0. The number of hydrogen-bond acceptors (Lipinski definition) is 5. The Morgan fingerprint density at radius 1 is 1.16 bits per heavy atom. The third-order valence-electron chi connectivity index (χ3n) is 2.62. The zero-order valence-electron chi connectivity index (χ0n) is 9.61. The van der Waals surface area contributed by atoms with Gasteiger partial charge < -0.3 is 0 Å². The van der Waals surface area contributed by atoms with E-state index in [0.717, 1.165) is 10.9 Å². The summed E-state index contributed by atoms with van der Waals surface area (Å²) >= 11 is 0. The summed E-state index contributed by atoms with van der Waals surface area (Å²) in [7, 11) is -3.89. The number of sulfonamides is 1. The molecule has 96 valence electrons. The van der Waals surface area contributed by atoms with E-state index in [9.17, 15) is 8.42 Å². The van der Waals surface area contributed by atoms with Crippen molar-refractivity contribution < 1.29 is 8.42 Å². The Hall–Kier alpha value is -2.32. The van der Waals surface area contributed by atoms with Crippen molar-refractivity contribution in [3.05, 3.63) is 36.5 Å². The van der Waals surface area contributed by atoms with Crippen LogP contribution < -0.4 is 5.14 Å². The van der Waals surface area contributed by atoms with Crippen molar-refractivity contribution in [1.29, 1.82) is 0 Å². The maximum atomic E-state index is 11.2. The normalized spacial score (nSPS) is 11.8. The molecule has 19 heavy (non-hydrogen) atoms. The molecule has 2 heterocycles. The second kappa shape index (κ2) is 4.11. The molecule has 0 unspecified atom stereocenters. The quantitative estimate of drug-likeness (QED) is 0.713. The molecular weight excluding hydrogens is 266 g/mol. The number of H-pyrrole nitrogens is 1. The van der Waals surface area contributed by atoms with E-state index in [2.05, 4.69) is 20.2 Å². The fourth-order valence-electron chi connectivity index (χ4n) is 1.79. The summed E-state index contributed by atoms with van der Waals surface area (Å²) in [6.45, 7) is 0. The standard InChI is InChI=1S/C11H9N5O2S/c12-19(17,18)11-14-10(15-16-11)8-5-6-13-9-4-2-1-3-7(8)9/h1-6H,(H2,12,17,18)(H,14,15,16). The molecule has 3 N–H and O–H groups in total. The predicted molar refractivity (Wildman–Crippen MR) is 68.5 cm³/mol. The molecule has 0 aliphatic carbocycles. The van der Waals surface area contributed by atoms with Gasteiger partial charge in [-0.05, 0) is 12.1 Å². The number of aromatic nitrogens is 4. The summed E-state index contributed by atoms with van der Waals surface area (Å²) < 4.78 is 22.3. The largest absolute Gasteiger partial charge is 0.273 e. The number of hydrogen-bond donors (Lipinski definition) is 2. The van der Waals surface area contributed by atoms with Gasteiger partial charge in [0.25, 0.3) is 15.2 Å². The Morgan fingerprint density at radius 2 is 1.95 bits per heavy atom. The van der Waals surface area contributed by atoms with Crippen LogP contribution in [0.25, 0.3) is 22.3 Å². The van der Waals surface area contributed by atoms with Crippen LogP contribution in [0.15, 0.2) is 41.7 Å². The van der Waals surface area contributed by atoms with Crippen molar-refractivity contribution in [3.8, 4) is 11.4 Å². The highest BCUT2D eigenvalue weighted by Gasteiger charge is 2.16. The average molecular weight is 275 g/mol. The van der Waals surface area contributed by atoms with Crippen molar-refractivity contribution in [2.75, 3.05) is 0 Å². The molecule has 3 rings (SSSR count). The number of benzene rings is 1. The van der Waals surface area contributed by atoms with Crippen LogP contribution >= 0.6 is 0 Å². The van der Waals surface area contributed by atoms with Crippen LogP contribution in [0.5, 0.6) is 0 Å². The summed E-state index contributed by atoms with van der Waals surface area (Å²) in [6.07, 6.45) is 1.62. The number of pyridine rings is 1. The summed E-state index contributed by atoms with van der Waals surface area (Å²) in [5, 5.41) is 11.7. The van der Waals surface area contributed by atoms with E-state index in [0.29, 0.717) is 5.56 Å². The number of primary sulfonamides is 1. The van der Waals surface area contributed by atoms with E-state index in [1.807, 2.05) is 24.3 Å². The molecule has 0 aliphatic rings. The Balaban J connectivity index is 2.23. The lowest BCUT2D eigenvalue weighted by Crippen LogP contribution is -2.13. The van der Waals surface area contributed by atoms with Crippen LogP contribution in [-0.2, 0) is 10.0 Å². The van der Waals surface area contributed by atoms with Crippen molar-refractivity contribution in [3.63, 3.8) is 0 Å². The topological polar surface area (TPSA) is 115 Å². The van der Waals surface area contributed by atoms with Gasteiger partial charge in [0, 0.05) is 17.1 Å². The molecule has 0 saturated heterocycles. The Kier molecular flexibility index (Phi) is 2.54. The molecule has 0 fully saturated rings. The van der Waals surface area contributed by atoms with Crippen LogP contribution in [-0.4, -0.2) is 28.6 Å². The van der Waals surface area contributed by atoms with E-state index in [1.54, 1.807) is 12.3 Å². The first-order chi connectivity index (χ1) is 9.05. The number of nitrogens with two attached hydrogens (primary N) is 1. The number of rotatable bonds is 2. The van der Waals surface area contributed by atoms with E-state index in [-0.39, 0.29) is 11.0 Å². The smallest absolute Gasteiger partial charge is 0.256 e. The van der Waals surface area contributed by atoms with E-state index >= 15 is 0 Å². The molecule has 8 heteroatoms. The Labute approximate surface area is 108 Å². The highest BCUT2D eigenvalue weighted by atomic mass is 32.2. The minimum absolute atomic E-state index is 0.266. The first kappa shape index (κ1) is 11.8. The minimum atomic E-state index is -3.89. The van der Waals surface area contributed by atoms with E-state index in [1.165, 1.54) is 0 Å². The lowest BCUT2D eigenvalue weighted by atomic mass is 10.1. The van der Waals surface area contributed by atoms with Crippen molar-refractivity contribution in [2.45, 2.75) is 5.16 Å². The zero-order valence-corrected chi connectivity index (χ0v) is 10.4. The molecule has 0 radical (unpaired) electrons. The third-order valence-corrected chi connectivity index (χ3v) is 3.35. The first-order valence-electron chi connectivity index (χ1n) is 5.35. The summed E-state index contributed by atoms with van der Waals surface area (Å²) in [5.41, 5.74) is 1.47. The average Bonchev–Trinajstić information content (AvgIpc) is 2.87. The van der Waals surface area contributed by atoms with Crippen LogP contribution in [0.3, 0.4) is 0 Å². The SMILES string of the molecule is NS(=O)(=O)c1nc(-c2ccnc3ccccc23)n[nH]1. The minimum Gasteiger partial charge on any atom is -0.256 e. The predicted octanol–water partition coefficient (Wildman–Crippen LogP) is 0.667. The number of aromatic amines is 1. The number of fused-ring (bicyclic) bond motifs is 1. The lowest BCUT2D eigenvalue weighted by molar-refractivity contribution is 0.589. The van der Waals surface area contributed by atoms with E-state index in [4.69, 9.17) is 5.14 Å². The van der Waals surface area contributed by atoms with Crippen LogP contribution in [0.1, 0.15) is 0 Å². The zero-order chi connectivity index (χ0) is 13.5. The van der Waals surface area contributed by atoms with Crippen LogP contribution in [0.4, 0.5) is 0 Å². The summed E-state index contributed by atoms with van der Waals surface area (Å²) in [6, 6.07) is 9.17. The number of nitrogens with zero attached hydrogens (tertiary/aromatic N) is 3. The van der Waals surface area contributed by atoms with Crippen LogP contribution in [0, 0.1) is 0 Å². The highest BCUT2D eigenvalue weighted by Crippen LogP contribution is 2.24. The second-order valence-electron chi connectivity index (χ2n) is 3.88. The maximum Gasteiger partial charge on any atom is 0.273 e. The Morgan fingerprint density at radius 3 is 2.68 bits per heavy atom. The van der Waals surface area contributed by atoms with Gasteiger partial charge in [0.1, 0.15) is 0 Å².